The predicted molar refractivity (Wildman–Crippen MR) is 166 cm³/mol. The molecule has 1 aliphatic heterocycles. The Balaban J connectivity index is 1.30. The minimum atomic E-state index is -1.21. The summed E-state index contributed by atoms with van der Waals surface area (Å²) >= 11 is 0. The summed E-state index contributed by atoms with van der Waals surface area (Å²) in [6.45, 7) is 1.00. The number of hydrogen-bond acceptors (Lipinski definition) is 11. The fraction of sp³-hybridized carbons (Fsp3) is 0.290. The molecule has 0 radical (unpaired) electrons. The van der Waals surface area contributed by atoms with E-state index in [1.54, 1.807) is 10.9 Å². The number of ether oxygens (including phenoxy) is 1. The van der Waals surface area contributed by atoms with Crippen molar-refractivity contribution in [2.45, 2.75) is 30.8 Å². The third-order valence-corrected chi connectivity index (χ3v) is 7.85. The summed E-state index contributed by atoms with van der Waals surface area (Å²) in [4.78, 5) is 23.3. The number of aryl methyl sites for hydroxylation is 1. The Morgan fingerprint density at radius 2 is 1.73 bits per heavy atom. The van der Waals surface area contributed by atoms with Gasteiger partial charge in [-0.15, -0.1) is 0 Å². The van der Waals surface area contributed by atoms with Crippen molar-refractivity contribution in [2.75, 3.05) is 30.3 Å². The van der Waals surface area contributed by atoms with Crippen LogP contribution in [-0.2, 0) is 18.2 Å². The van der Waals surface area contributed by atoms with Crippen molar-refractivity contribution in [1.29, 1.82) is 0 Å². The molecule has 7 rings (SSSR count). The first-order valence-electron chi connectivity index (χ1n) is 14.7. The Hall–Kier alpha value is -5.18. The molecule has 14 nitrogen and oxygen atoms in total. The molecule has 6 aromatic rings. The molecule has 0 aliphatic carbocycles. The number of fused-ring (bicyclic) bond motifs is 1. The van der Waals surface area contributed by atoms with Crippen LogP contribution >= 0.6 is 0 Å². The Morgan fingerprint density at radius 3 is 2.36 bits per heavy atom. The van der Waals surface area contributed by atoms with Crippen LogP contribution in [0, 0.1) is 0 Å². The molecule has 4 aromatic heterocycles. The van der Waals surface area contributed by atoms with Crippen LogP contribution in [0.2, 0.25) is 0 Å². The summed E-state index contributed by atoms with van der Waals surface area (Å²) in [6, 6.07) is 20.6. The van der Waals surface area contributed by atoms with Crippen molar-refractivity contribution >= 4 is 22.9 Å². The van der Waals surface area contributed by atoms with E-state index >= 15 is 0 Å². The van der Waals surface area contributed by atoms with Gasteiger partial charge in [0.2, 0.25) is 5.95 Å². The van der Waals surface area contributed by atoms with Gasteiger partial charge in [0.25, 0.3) is 0 Å². The fourth-order valence-electron chi connectivity index (χ4n) is 5.61. The van der Waals surface area contributed by atoms with Gasteiger partial charge in [0.15, 0.2) is 34.9 Å². The molecule has 3 atom stereocenters. The van der Waals surface area contributed by atoms with Gasteiger partial charge in [-0.25, -0.2) is 15.0 Å². The molecule has 0 bridgehead atoms. The molecular formula is C31H33N11O3. The quantitative estimate of drug-likeness (QED) is 0.146. The smallest absolute Gasteiger partial charge is 0.226 e. The van der Waals surface area contributed by atoms with E-state index in [2.05, 4.69) is 55.1 Å². The van der Waals surface area contributed by atoms with Gasteiger partial charge in [-0.1, -0.05) is 60.7 Å². The van der Waals surface area contributed by atoms with E-state index in [4.69, 9.17) is 19.7 Å². The number of nitrogens with zero attached hydrogens (tertiary/aromatic N) is 8. The van der Waals surface area contributed by atoms with Crippen LogP contribution in [0.15, 0.2) is 79.5 Å². The summed E-state index contributed by atoms with van der Waals surface area (Å²) in [5, 5.41) is 35.0. The number of aliphatic hydroxyl groups is 2. The summed E-state index contributed by atoms with van der Waals surface area (Å²) in [6.07, 6.45) is 2.53. The highest BCUT2D eigenvalue weighted by molar-refractivity contribution is 5.87. The van der Waals surface area contributed by atoms with Crippen molar-refractivity contribution in [3.8, 4) is 11.6 Å². The van der Waals surface area contributed by atoms with Crippen molar-refractivity contribution in [3.05, 3.63) is 96.3 Å². The standard InChI is InChI=1S/C31H33N11O3/c1-41-15-21(35-18-41)12-13-32-31-38-26(33-14-22(19-8-4-2-5-9-19)20-10-6-3-7-11-20)24-28(39-31)42(30-25(44)23(43)16-45-30)29(37-24)27-34-17-36-40-27/h2-11,15,17-18,22-23,25,30,43-44H,12-14,16H2,1H3,(H,34,36,40)(H2,32,33,38,39)/t23-,25+,30+/m0/s1. The Morgan fingerprint density at radius 1 is 0.978 bits per heavy atom. The molecule has 1 aliphatic rings. The fourth-order valence-corrected chi connectivity index (χ4v) is 5.61. The first-order chi connectivity index (χ1) is 22.0. The average molecular weight is 608 g/mol. The Kier molecular flexibility index (Phi) is 7.90. The number of nitrogens with one attached hydrogen (secondary N) is 3. The lowest BCUT2D eigenvalue weighted by molar-refractivity contribution is -0.0153. The molecule has 230 valence electrons. The third-order valence-electron chi connectivity index (χ3n) is 7.85. The summed E-state index contributed by atoms with van der Waals surface area (Å²) in [7, 11) is 1.93. The zero-order valence-corrected chi connectivity index (χ0v) is 24.5. The van der Waals surface area contributed by atoms with Crippen molar-refractivity contribution in [2.24, 2.45) is 7.05 Å². The van der Waals surface area contributed by atoms with Gasteiger partial charge in [-0.3, -0.25) is 9.67 Å². The van der Waals surface area contributed by atoms with E-state index in [0.717, 1.165) is 16.8 Å². The van der Waals surface area contributed by atoms with Gasteiger partial charge < -0.3 is 30.2 Å². The van der Waals surface area contributed by atoms with E-state index in [9.17, 15) is 10.2 Å². The van der Waals surface area contributed by atoms with Gasteiger partial charge in [0.05, 0.1) is 18.6 Å². The molecule has 1 saturated heterocycles. The van der Waals surface area contributed by atoms with Crippen LogP contribution in [0.1, 0.15) is 29.0 Å². The summed E-state index contributed by atoms with van der Waals surface area (Å²) in [5.41, 5.74) is 4.09. The van der Waals surface area contributed by atoms with E-state index < -0.39 is 18.4 Å². The predicted octanol–water partition coefficient (Wildman–Crippen LogP) is 2.49. The van der Waals surface area contributed by atoms with E-state index in [1.165, 1.54) is 6.33 Å². The Labute approximate surface area is 258 Å². The number of rotatable bonds is 11. The highest BCUT2D eigenvalue weighted by Crippen LogP contribution is 2.35. The number of aromatic nitrogens is 9. The number of benzene rings is 2. The van der Waals surface area contributed by atoms with E-state index in [1.807, 2.05) is 54.2 Å². The average Bonchev–Trinajstić information content (AvgIpc) is 3.87. The first kappa shape index (κ1) is 28.6. The van der Waals surface area contributed by atoms with Crippen LogP contribution in [-0.4, -0.2) is 86.4 Å². The van der Waals surface area contributed by atoms with Gasteiger partial charge in [0.1, 0.15) is 18.5 Å². The first-order valence-corrected chi connectivity index (χ1v) is 14.7. The highest BCUT2D eigenvalue weighted by atomic mass is 16.5. The molecule has 5 heterocycles. The highest BCUT2D eigenvalue weighted by Gasteiger charge is 2.39. The van der Waals surface area contributed by atoms with Crippen LogP contribution in [0.25, 0.3) is 22.8 Å². The number of aliphatic hydroxyl groups excluding tert-OH is 2. The maximum atomic E-state index is 10.9. The monoisotopic (exact) mass is 607 g/mol. The van der Waals surface area contributed by atoms with Gasteiger partial charge in [-0.2, -0.15) is 15.1 Å². The normalized spacial score (nSPS) is 18.2. The van der Waals surface area contributed by atoms with Crippen LogP contribution in [0.3, 0.4) is 0 Å². The number of anilines is 2. The van der Waals surface area contributed by atoms with E-state index in [-0.39, 0.29) is 12.5 Å². The maximum Gasteiger partial charge on any atom is 0.226 e. The molecule has 2 aromatic carbocycles. The largest absolute Gasteiger partial charge is 0.388 e. The molecule has 14 heteroatoms. The number of hydrogen-bond donors (Lipinski definition) is 5. The van der Waals surface area contributed by atoms with Crippen molar-refractivity contribution in [1.82, 2.24) is 44.3 Å². The molecule has 0 saturated carbocycles. The lowest BCUT2D eigenvalue weighted by atomic mass is 9.91. The zero-order chi connectivity index (χ0) is 30.8. The second-order valence-corrected chi connectivity index (χ2v) is 11.0. The number of H-pyrrole nitrogens is 1. The topological polar surface area (TPSA) is 177 Å². The van der Waals surface area contributed by atoms with Crippen molar-refractivity contribution in [3.63, 3.8) is 0 Å². The maximum absolute atomic E-state index is 10.9. The SMILES string of the molecule is Cn1cnc(CCNc2nc(NCC(c3ccccc3)c3ccccc3)c3nc(-c4ncn[nH]4)n([C@@H]4OC[C@H](O)[C@H]4O)c3n2)c1. The minimum absolute atomic E-state index is 0.0175. The number of aromatic amines is 1. The molecule has 0 spiro atoms. The van der Waals surface area contributed by atoms with Crippen LogP contribution in [0.4, 0.5) is 11.8 Å². The molecule has 0 amide bonds. The minimum Gasteiger partial charge on any atom is -0.388 e. The van der Waals surface area contributed by atoms with Gasteiger partial charge in [-0.05, 0) is 11.1 Å². The second-order valence-electron chi connectivity index (χ2n) is 11.0. The molecule has 45 heavy (non-hydrogen) atoms. The molecular weight excluding hydrogens is 574 g/mol. The number of imidazole rings is 2. The Bertz CT molecular complexity index is 1820. The second kappa shape index (κ2) is 12.4. The zero-order valence-electron chi connectivity index (χ0n) is 24.5. The molecule has 1 fully saturated rings. The third kappa shape index (κ3) is 5.85. The molecule has 5 N–H and O–H groups in total. The molecule has 0 unspecified atom stereocenters. The lowest BCUT2D eigenvalue weighted by Gasteiger charge is -2.20. The van der Waals surface area contributed by atoms with Crippen molar-refractivity contribution < 1.29 is 14.9 Å². The summed E-state index contributed by atoms with van der Waals surface area (Å²) < 4.78 is 9.39. The van der Waals surface area contributed by atoms with Gasteiger partial charge in [0, 0.05) is 38.7 Å². The lowest BCUT2D eigenvalue weighted by Crippen LogP contribution is -2.28. The van der Waals surface area contributed by atoms with Gasteiger partial charge >= 0.3 is 0 Å². The van der Waals surface area contributed by atoms with Crippen LogP contribution < -0.4 is 10.6 Å². The van der Waals surface area contributed by atoms with E-state index in [0.29, 0.717) is 54.1 Å². The summed E-state index contributed by atoms with van der Waals surface area (Å²) in [5.74, 6) is 1.56. The van der Waals surface area contributed by atoms with Crippen LogP contribution in [0.5, 0.6) is 0 Å².